The molecule has 1 aromatic rings. The lowest BCUT2D eigenvalue weighted by atomic mass is 10.2. The van der Waals surface area contributed by atoms with E-state index in [1.807, 2.05) is 0 Å². The quantitative estimate of drug-likeness (QED) is 0.877. The molecule has 17 heavy (non-hydrogen) atoms. The average molecular weight is 264 g/mol. The SMILES string of the molecule is O=C(O)c1ccc(F)c(S(=O)(=O)CCCF)c1. The van der Waals surface area contributed by atoms with Crippen molar-refractivity contribution in [1.82, 2.24) is 0 Å². The van der Waals surface area contributed by atoms with Gasteiger partial charge in [0.25, 0.3) is 0 Å². The summed E-state index contributed by atoms with van der Waals surface area (Å²) in [4.78, 5) is 9.93. The molecule has 0 saturated heterocycles. The van der Waals surface area contributed by atoms with Gasteiger partial charge in [0.05, 0.1) is 18.0 Å². The summed E-state index contributed by atoms with van der Waals surface area (Å²) in [5.41, 5.74) is -0.328. The molecule has 1 aromatic carbocycles. The Hall–Kier alpha value is -1.50. The van der Waals surface area contributed by atoms with Crippen LogP contribution in [-0.4, -0.2) is 31.9 Å². The van der Waals surface area contributed by atoms with Crippen LogP contribution in [0.3, 0.4) is 0 Å². The van der Waals surface area contributed by atoms with Crippen molar-refractivity contribution in [2.45, 2.75) is 11.3 Å². The monoisotopic (exact) mass is 264 g/mol. The normalized spacial score (nSPS) is 11.4. The molecule has 0 aliphatic carbocycles. The number of hydrogen-bond acceptors (Lipinski definition) is 3. The van der Waals surface area contributed by atoms with Crippen molar-refractivity contribution in [3.05, 3.63) is 29.6 Å². The van der Waals surface area contributed by atoms with Crippen LogP contribution in [0.4, 0.5) is 8.78 Å². The lowest BCUT2D eigenvalue weighted by molar-refractivity contribution is 0.0696. The van der Waals surface area contributed by atoms with Gasteiger partial charge in [0.2, 0.25) is 0 Å². The molecule has 0 aromatic heterocycles. The maximum absolute atomic E-state index is 13.3. The van der Waals surface area contributed by atoms with Gasteiger partial charge in [0.1, 0.15) is 10.7 Å². The second kappa shape index (κ2) is 5.22. The van der Waals surface area contributed by atoms with Crippen molar-refractivity contribution in [2.24, 2.45) is 0 Å². The third-order valence-corrected chi connectivity index (χ3v) is 3.87. The summed E-state index contributed by atoms with van der Waals surface area (Å²) in [5, 5.41) is 8.66. The van der Waals surface area contributed by atoms with Gasteiger partial charge in [-0.1, -0.05) is 0 Å². The number of sulfone groups is 1. The molecule has 0 unspecified atom stereocenters. The Labute approximate surface area is 96.8 Å². The van der Waals surface area contributed by atoms with Crippen LogP contribution in [-0.2, 0) is 9.84 Å². The van der Waals surface area contributed by atoms with Crippen molar-refractivity contribution in [3.63, 3.8) is 0 Å². The molecule has 0 heterocycles. The number of carboxylic acid groups (broad SMARTS) is 1. The van der Waals surface area contributed by atoms with E-state index in [9.17, 15) is 22.0 Å². The summed E-state index contributed by atoms with van der Waals surface area (Å²) < 4.78 is 48.4. The number of carbonyl (C=O) groups is 1. The molecular weight excluding hydrogens is 254 g/mol. The molecule has 94 valence electrons. The van der Waals surface area contributed by atoms with Crippen LogP contribution in [0.1, 0.15) is 16.8 Å². The number of alkyl halides is 1. The van der Waals surface area contributed by atoms with Crippen molar-refractivity contribution >= 4 is 15.8 Å². The van der Waals surface area contributed by atoms with Gasteiger partial charge in [-0.25, -0.2) is 17.6 Å². The predicted molar refractivity (Wildman–Crippen MR) is 56.0 cm³/mol. The van der Waals surface area contributed by atoms with Crippen molar-refractivity contribution < 1.29 is 27.1 Å². The van der Waals surface area contributed by atoms with Crippen LogP contribution in [0.25, 0.3) is 0 Å². The third kappa shape index (κ3) is 3.23. The summed E-state index contributed by atoms with van der Waals surface area (Å²) in [7, 11) is -3.99. The molecule has 0 aliphatic rings. The van der Waals surface area contributed by atoms with Gasteiger partial charge in [-0.05, 0) is 24.6 Å². The number of aromatic carboxylic acids is 1. The Balaban J connectivity index is 3.20. The van der Waals surface area contributed by atoms with Crippen molar-refractivity contribution in [3.8, 4) is 0 Å². The summed E-state index contributed by atoms with van der Waals surface area (Å²) in [6.45, 7) is -0.834. The fourth-order valence-electron chi connectivity index (χ4n) is 1.23. The van der Waals surface area contributed by atoms with Crippen LogP contribution < -0.4 is 0 Å². The van der Waals surface area contributed by atoms with Crippen LogP contribution in [0.15, 0.2) is 23.1 Å². The predicted octanol–water partition coefficient (Wildman–Crippen LogP) is 1.66. The Morgan fingerprint density at radius 2 is 2.00 bits per heavy atom. The van der Waals surface area contributed by atoms with E-state index >= 15 is 0 Å². The number of hydrogen-bond donors (Lipinski definition) is 1. The lowest BCUT2D eigenvalue weighted by Gasteiger charge is -2.05. The van der Waals surface area contributed by atoms with Crippen LogP contribution in [0.2, 0.25) is 0 Å². The first-order valence-electron chi connectivity index (χ1n) is 4.70. The fraction of sp³-hybridized carbons (Fsp3) is 0.300. The highest BCUT2D eigenvalue weighted by Gasteiger charge is 2.20. The summed E-state index contributed by atoms with van der Waals surface area (Å²) in [6.07, 6.45) is -0.251. The van der Waals surface area contributed by atoms with Gasteiger partial charge in [-0.15, -0.1) is 0 Å². The molecule has 0 saturated carbocycles. The lowest BCUT2D eigenvalue weighted by Crippen LogP contribution is -2.11. The fourth-order valence-corrected chi connectivity index (χ4v) is 2.61. The highest BCUT2D eigenvalue weighted by atomic mass is 32.2. The molecule has 0 radical (unpaired) electrons. The molecule has 0 amide bonds. The van der Waals surface area contributed by atoms with Crippen molar-refractivity contribution in [1.29, 1.82) is 0 Å². The highest BCUT2D eigenvalue weighted by molar-refractivity contribution is 7.91. The van der Waals surface area contributed by atoms with Crippen molar-refractivity contribution in [2.75, 3.05) is 12.4 Å². The first kappa shape index (κ1) is 13.6. The summed E-state index contributed by atoms with van der Waals surface area (Å²) in [5.74, 6) is -2.94. The second-order valence-corrected chi connectivity index (χ2v) is 5.39. The molecule has 1 rings (SSSR count). The molecule has 4 nitrogen and oxygen atoms in total. The minimum Gasteiger partial charge on any atom is -0.478 e. The minimum absolute atomic E-state index is 0.251. The van der Waals surface area contributed by atoms with Gasteiger partial charge >= 0.3 is 5.97 Å². The molecule has 7 heteroatoms. The zero-order chi connectivity index (χ0) is 13.1. The van der Waals surface area contributed by atoms with E-state index in [-0.39, 0.29) is 12.0 Å². The molecular formula is C10H10F2O4S. The van der Waals surface area contributed by atoms with E-state index in [1.165, 1.54) is 0 Å². The largest absolute Gasteiger partial charge is 0.478 e. The maximum atomic E-state index is 13.3. The summed E-state index contributed by atoms with van der Waals surface area (Å²) >= 11 is 0. The average Bonchev–Trinajstić information content (AvgIpc) is 2.26. The van der Waals surface area contributed by atoms with Crippen LogP contribution in [0, 0.1) is 5.82 Å². The Bertz CT molecular complexity index is 525. The molecule has 0 fully saturated rings. The third-order valence-electron chi connectivity index (χ3n) is 2.06. The van der Waals surface area contributed by atoms with E-state index in [1.54, 1.807) is 0 Å². The molecule has 0 bridgehead atoms. The maximum Gasteiger partial charge on any atom is 0.335 e. The first-order valence-corrected chi connectivity index (χ1v) is 6.35. The van der Waals surface area contributed by atoms with Gasteiger partial charge in [0, 0.05) is 0 Å². The number of halogens is 2. The summed E-state index contributed by atoms with van der Waals surface area (Å²) in [6, 6.07) is 2.48. The Morgan fingerprint density at radius 3 is 2.53 bits per heavy atom. The van der Waals surface area contributed by atoms with Crippen LogP contribution in [0.5, 0.6) is 0 Å². The van der Waals surface area contributed by atoms with Gasteiger partial charge in [-0.2, -0.15) is 0 Å². The van der Waals surface area contributed by atoms with E-state index in [0.717, 1.165) is 18.2 Å². The van der Waals surface area contributed by atoms with E-state index in [2.05, 4.69) is 0 Å². The van der Waals surface area contributed by atoms with E-state index in [0.29, 0.717) is 0 Å². The first-order chi connectivity index (χ1) is 7.88. The number of rotatable bonds is 5. The zero-order valence-electron chi connectivity index (χ0n) is 8.69. The second-order valence-electron chi connectivity index (χ2n) is 3.31. The standard InChI is InChI=1S/C10H10F2O4S/c11-4-1-5-17(15,16)9-6-7(10(13)14)2-3-8(9)12/h2-3,6H,1,4-5H2,(H,13,14). The van der Waals surface area contributed by atoms with E-state index in [4.69, 9.17) is 5.11 Å². The smallest absolute Gasteiger partial charge is 0.335 e. The molecule has 1 N–H and O–H groups in total. The van der Waals surface area contributed by atoms with Crippen LogP contribution >= 0.6 is 0 Å². The topological polar surface area (TPSA) is 71.4 Å². The zero-order valence-corrected chi connectivity index (χ0v) is 9.51. The highest BCUT2D eigenvalue weighted by Crippen LogP contribution is 2.18. The number of carboxylic acids is 1. The Morgan fingerprint density at radius 1 is 1.35 bits per heavy atom. The van der Waals surface area contributed by atoms with Gasteiger partial charge in [0.15, 0.2) is 9.84 Å². The molecule has 0 spiro atoms. The minimum atomic E-state index is -3.99. The molecule has 0 atom stereocenters. The Kier molecular flexibility index (Phi) is 4.17. The van der Waals surface area contributed by atoms with E-state index < -0.39 is 38.9 Å². The molecule has 0 aliphatic heterocycles. The van der Waals surface area contributed by atoms with Gasteiger partial charge < -0.3 is 5.11 Å². The van der Waals surface area contributed by atoms with Gasteiger partial charge in [-0.3, -0.25) is 4.39 Å². The number of benzene rings is 1.